The van der Waals surface area contributed by atoms with Crippen LogP contribution in [0.1, 0.15) is 64.7 Å². The molecule has 1 heterocycles. The van der Waals surface area contributed by atoms with Gasteiger partial charge < -0.3 is 9.31 Å². The molecule has 1 rings (SSSR count). The number of likely N-dealkylation sites (N-methyl/N-ethyl adjacent to an activating group) is 1. The maximum atomic E-state index is 12.2. The van der Waals surface area contributed by atoms with Crippen LogP contribution in [0.25, 0.3) is 0 Å². The Morgan fingerprint density at radius 1 is 1.03 bits per heavy atom. The normalized spacial score (nSPS) is 17.4. The minimum absolute atomic E-state index is 0.184. The summed E-state index contributed by atoms with van der Waals surface area (Å²) < 4.78 is 42.3. The van der Waals surface area contributed by atoms with Crippen LogP contribution in [0.5, 0.6) is 0 Å². The molecule has 0 aromatic heterocycles. The number of hydrogen-bond acceptors (Lipinski definition) is 9. The number of nitrogens with zero attached hydrogens (tertiary/aromatic N) is 1. The molecule has 0 saturated carbocycles. The number of rotatable bonds is 15. The van der Waals surface area contributed by atoms with E-state index in [-0.39, 0.29) is 13.1 Å². The summed E-state index contributed by atoms with van der Waals surface area (Å²) in [6.45, 7) is 1.01. The molecule has 196 valence electrons. The summed E-state index contributed by atoms with van der Waals surface area (Å²) >= 11 is 16.6. The molecule has 1 unspecified atom stereocenters. The lowest BCUT2D eigenvalue weighted by molar-refractivity contribution is -0.146. The highest BCUT2D eigenvalue weighted by atomic mass is 35.6. The van der Waals surface area contributed by atoms with Crippen molar-refractivity contribution in [2.45, 2.75) is 74.5 Å². The fourth-order valence-corrected chi connectivity index (χ4v) is 4.25. The average Bonchev–Trinajstić information content (AvgIpc) is 2.70. The number of carbonyl (C=O) groups is 2. The minimum Gasteiger partial charge on any atom is -0.496 e. The highest BCUT2D eigenvalue weighted by molar-refractivity contribution is 7.82. The van der Waals surface area contributed by atoms with Crippen molar-refractivity contribution in [3.8, 4) is 0 Å². The van der Waals surface area contributed by atoms with E-state index in [1.807, 2.05) is 0 Å². The second-order valence-electron chi connectivity index (χ2n) is 8.06. The van der Waals surface area contributed by atoms with Gasteiger partial charge in [0.1, 0.15) is 6.61 Å². The Morgan fingerprint density at radius 2 is 1.56 bits per heavy atom. The van der Waals surface area contributed by atoms with Crippen LogP contribution < -0.4 is 0 Å². The predicted octanol–water partition coefficient (Wildman–Crippen LogP) is 4.15. The summed E-state index contributed by atoms with van der Waals surface area (Å²) in [6, 6.07) is -1.48. The first-order valence-corrected chi connectivity index (χ1v) is 13.8. The van der Waals surface area contributed by atoms with E-state index in [1.165, 1.54) is 50.1 Å². The molecule has 9 nitrogen and oxygen atoms in total. The summed E-state index contributed by atoms with van der Waals surface area (Å²) in [4.78, 5) is 25.5. The molecule has 0 N–H and O–H groups in total. The summed E-state index contributed by atoms with van der Waals surface area (Å²) in [5, 5.41) is 0. The molecule has 1 aliphatic heterocycles. The molecule has 1 atom stereocenters. The van der Waals surface area contributed by atoms with Crippen molar-refractivity contribution in [1.29, 1.82) is 0 Å². The molecule has 0 spiro atoms. The van der Waals surface area contributed by atoms with Gasteiger partial charge in [0.25, 0.3) is 0 Å². The zero-order chi connectivity index (χ0) is 25.6. The number of alkyl halides is 3. The highest BCUT2D eigenvalue weighted by Gasteiger charge is 2.42. The number of hydrogen-bond donors (Lipinski definition) is 0. The fraction of sp³-hybridized carbons (Fsp3) is 0.800. The van der Waals surface area contributed by atoms with Crippen LogP contribution in [0.4, 0.5) is 0 Å². The van der Waals surface area contributed by atoms with Gasteiger partial charge in [-0.25, -0.2) is 8.37 Å². The molecule has 0 aromatic rings. The zero-order valence-corrected chi connectivity index (χ0v) is 22.6. The van der Waals surface area contributed by atoms with Gasteiger partial charge in [-0.2, -0.15) is 8.42 Å². The second kappa shape index (κ2) is 16.2. The monoisotopic (exact) mass is 563 g/mol. The van der Waals surface area contributed by atoms with Gasteiger partial charge >= 0.3 is 29.5 Å². The van der Waals surface area contributed by atoms with Crippen LogP contribution in [0, 0.1) is 0 Å². The molecule has 34 heavy (non-hydrogen) atoms. The Balaban J connectivity index is 2.76. The van der Waals surface area contributed by atoms with Crippen LogP contribution in [0.2, 0.25) is 0 Å². The topological polar surface area (TPSA) is 108 Å². The third-order valence-corrected chi connectivity index (χ3v) is 5.90. The quantitative estimate of drug-likeness (QED) is 0.125. The zero-order valence-electron chi connectivity index (χ0n) is 19.6. The van der Waals surface area contributed by atoms with Crippen LogP contribution >= 0.6 is 34.8 Å². The molecular formula is C20H33BCl3NO8S. The number of unbranched alkanes of at least 4 members (excludes halogenated alkanes) is 8. The van der Waals surface area contributed by atoms with E-state index in [9.17, 15) is 18.0 Å². The summed E-state index contributed by atoms with van der Waals surface area (Å²) in [6.07, 6.45) is 12.8. The maximum absolute atomic E-state index is 12.2. The van der Waals surface area contributed by atoms with Gasteiger partial charge in [0.15, 0.2) is 6.00 Å². The van der Waals surface area contributed by atoms with Crippen molar-refractivity contribution in [3.05, 3.63) is 12.2 Å². The molecular weight excluding hydrogens is 531 g/mol. The number of carbonyl (C=O) groups excluding carboxylic acids is 2. The molecule has 1 aliphatic rings. The van der Waals surface area contributed by atoms with E-state index in [1.54, 1.807) is 6.08 Å². The third kappa shape index (κ3) is 15.4. The lowest BCUT2D eigenvalue weighted by Gasteiger charge is -2.25. The molecule has 0 radical (unpaired) electrons. The lowest BCUT2D eigenvalue weighted by Crippen LogP contribution is -2.48. The Hall–Kier alpha value is -0.555. The second-order valence-corrected chi connectivity index (χ2v) is 11.8. The Morgan fingerprint density at radius 3 is 2.09 bits per heavy atom. The van der Waals surface area contributed by atoms with Crippen LogP contribution in [0.15, 0.2) is 12.2 Å². The van der Waals surface area contributed by atoms with Gasteiger partial charge in [0.2, 0.25) is 3.79 Å². The van der Waals surface area contributed by atoms with E-state index in [4.69, 9.17) is 48.3 Å². The number of halogens is 3. The van der Waals surface area contributed by atoms with Gasteiger partial charge in [0, 0.05) is 0 Å². The van der Waals surface area contributed by atoms with Crippen molar-refractivity contribution in [2.24, 2.45) is 0 Å². The predicted molar refractivity (Wildman–Crippen MR) is 132 cm³/mol. The van der Waals surface area contributed by atoms with Gasteiger partial charge in [-0.1, -0.05) is 98.8 Å². The standard InChI is InChI=1S/C20H33BCl3NO8S/c1-3-4-5-6-7-8-9-10-11-12-13-17(33-34(28,29)30-16-20(22,23)24)21-31-18(26)14-25(2)15-19(27)32-21/h12-13,17H,3-11,14-16H2,1-2H3/b13-12+. The Kier molecular flexibility index (Phi) is 15.0. The molecule has 14 heteroatoms. The molecule has 0 aromatic carbocycles. The summed E-state index contributed by atoms with van der Waals surface area (Å²) in [5.74, 6) is -1.44. The lowest BCUT2D eigenvalue weighted by atomic mass is 9.80. The average molecular weight is 565 g/mol. The fourth-order valence-electron chi connectivity index (χ4n) is 3.09. The van der Waals surface area contributed by atoms with Gasteiger partial charge in [0.05, 0.1) is 13.1 Å². The molecule has 0 aliphatic carbocycles. The largest absolute Gasteiger partial charge is 0.635 e. The molecule has 1 saturated heterocycles. The SMILES string of the molecule is CCCCCCCCCC/C=C/C(OS(=O)(=O)OCC(Cl)(Cl)Cl)B1OC(=O)CN(C)CC(=O)O1. The van der Waals surface area contributed by atoms with Gasteiger partial charge in [-0.05, 0) is 19.9 Å². The van der Waals surface area contributed by atoms with Crippen LogP contribution in [-0.4, -0.2) is 68.9 Å². The maximum Gasteiger partial charge on any atom is 0.635 e. The van der Waals surface area contributed by atoms with Gasteiger partial charge in [-0.3, -0.25) is 14.5 Å². The first kappa shape index (κ1) is 31.5. The van der Waals surface area contributed by atoms with Gasteiger partial charge in [-0.15, -0.1) is 0 Å². The van der Waals surface area contributed by atoms with Crippen molar-refractivity contribution in [2.75, 3.05) is 26.7 Å². The first-order valence-electron chi connectivity index (χ1n) is 11.3. The molecule has 0 bridgehead atoms. The molecule has 0 amide bonds. The minimum atomic E-state index is -4.69. The first-order chi connectivity index (χ1) is 15.9. The van der Waals surface area contributed by atoms with Crippen LogP contribution in [-0.2, 0) is 37.7 Å². The van der Waals surface area contributed by atoms with E-state index in [2.05, 4.69) is 11.1 Å². The Bertz CT molecular complexity index is 743. The smallest absolute Gasteiger partial charge is 0.496 e. The Labute approximate surface area is 217 Å². The van der Waals surface area contributed by atoms with Crippen LogP contribution in [0.3, 0.4) is 0 Å². The van der Waals surface area contributed by atoms with Crippen molar-refractivity contribution in [1.82, 2.24) is 4.90 Å². The van der Waals surface area contributed by atoms with Crippen molar-refractivity contribution in [3.63, 3.8) is 0 Å². The summed E-state index contributed by atoms with van der Waals surface area (Å²) in [7, 11) is -4.78. The van der Waals surface area contributed by atoms with E-state index >= 15 is 0 Å². The van der Waals surface area contributed by atoms with E-state index < -0.39 is 45.9 Å². The van der Waals surface area contributed by atoms with E-state index in [0.717, 1.165) is 19.3 Å². The van der Waals surface area contributed by atoms with Crippen molar-refractivity contribution >= 4 is 64.3 Å². The van der Waals surface area contributed by atoms with E-state index in [0.29, 0.717) is 6.42 Å². The third-order valence-electron chi connectivity index (χ3n) is 4.71. The highest BCUT2D eigenvalue weighted by Crippen LogP contribution is 2.27. The van der Waals surface area contributed by atoms with Crippen molar-refractivity contribution < 1.29 is 35.7 Å². The summed E-state index contributed by atoms with van der Waals surface area (Å²) in [5.41, 5.74) is 0. The molecule has 1 fully saturated rings. The number of allylic oxidation sites excluding steroid dienone is 1.